The van der Waals surface area contributed by atoms with Gasteiger partial charge in [0, 0.05) is 31.4 Å². The number of hydrogen-bond donors (Lipinski definition) is 1. The van der Waals surface area contributed by atoms with Gasteiger partial charge in [0.25, 0.3) is 0 Å². The Morgan fingerprint density at radius 1 is 1.11 bits per heavy atom. The first-order valence-corrected chi connectivity index (χ1v) is 15.1. The number of benzene rings is 1. The largest absolute Gasteiger partial charge is 0.461 e. The van der Waals surface area contributed by atoms with Crippen molar-refractivity contribution in [3.8, 4) is 23.3 Å². The molecule has 8 nitrogen and oxygen atoms in total. The highest BCUT2D eigenvalue weighted by Gasteiger charge is 2.51. The summed E-state index contributed by atoms with van der Waals surface area (Å²) < 4.78 is 95.2. The van der Waals surface area contributed by atoms with E-state index in [1.807, 2.05) is 9.80 Å². The van der Waals surface area contributed by atoms with Crippen molar-refractivity contribution in [1.82, 2.24) is 19.9 Å². The number of nitrogens with zero attached hydrogens (tertiary/aromatic N) is 6. The molecule has 0 amide bonds. The van der Waals surface area contributed by atoms with E-state index in [1.54, 1.807) is 0 Å². The molecule has 1 aliphatic carbocycles. The molecule has 2 aromatic heterocycles. The number of nitrogen functional groups attached to an aromatic ring is 1. The average molecular weight is 632 g/mol. The summed E-state index contributed by atoms with van der Waals surface area (Å²) in [4.78, 5) is 16.5. The van der Waals surface area contributed by atoms with E-state index in [4.69, 9.17) is 10.5 Å². The first-order chi connectivity index (χ1) is 21.4. The third-order valence-corrected chi connectivity index (χ3v) is 10.1. The van der Waals surface area contributed by atoms with Crippen LogP contribution in [0.2, 0.25) is 0 Å². The van der Waals surface area contributed by atoms with Crippen LogP contribution in [-0.2, 0) is 6.18 Å². The lowest BCUT2D eigenvalue weighted by Crippen LogP contribution is -2.43. The number of pyridine rings is 1. The minimum Gasteiger partial charge on any atom is -0.461 e. The second-order valence-corrected chi connectivity index (χ2v) is 12.8. The Bertz CT molecular complexity index is 1710. The summed E-state index contributed by atoms with van der Waals surface area (Å²) in [5.74, 6) is -2.33. The van der Waals surface area contributed by atoms with Gasteiger partial charge in [-0.25, -0.2) is 18.2 Å². The lowest BCUT2D eigenvalue weighted by Gasteiger charge is -2.31. The van der Waals surface area contributed by atoms with Gasteiger partial charge >= 0.3 is 12.2 Å². The summed E-state index contributed by atoms with van der Waals surface area (Å²) in [6.07, 6.45) is -2.81. The SMILES string of the molecule is Cc1cc(N)nc(-c2c(F)cc3c(N4CC[C@@H]5[C@@H](C#N)[C@@H]5CC4)nc(OC[C@@]45CCCN4C[C@H](F)C5)nc3c2F)c1C(F)(F)F. The third kappa shape index (κ3) is 4.99. The Labute approximate surface area is 255 Å². The van der Waals surface area contributed by atoms with Crippen molar-refractivity contribution in [3.05, 3.63) is 34.9 Å². The molecule has 3 aliphatic heterocycles. The first-order valence-electron chi connectivity index (χ1n) is 15.1. The molecule has 4 aliphatic rings. The van der Waals surface area contributed by atoms with Crippen LogP contribution in [0.15, 0.2) is 12.1 Å². The lowest BCUT2D eigenvalue weighted by molar-refractivity contribution is -0.137. The minimum atomic E-state index is -4.98. The van der Waals surface area contributed by atoms with Crippen LogP contribution >= 0.6 is 0 Å². The van der Waals surface area contributed by atoms with Gasteiger partial charge in [-0.2, -0.15) is 28.4 Å². The van der Waals surface area contributed by atoms with Crippen LogP contribution in [-0.4, -0.2) is 64.3 Å². The number of hydrogen-bond acceptors (Lipinski definition) is 8. The number of fused-ring (bicyclic) bond motifs is 3. The van der Waals surface area contributed by atoms with E-state index in [0.29, 0.717) is 38.9 Å². The molecule has 0 spiro atoms. The second-order valence-electron chi connectivity index (χ2n) is 12.8. The molecule has 7 rings (SSSR count). The fraction of sp³-hybridized carbons (Fsp3) is 0.548. The maximum absolute atomic E-state index is 16.5. The number of ether oxygens (including phenoxy) is 1. The number of anilines is 2. The maximum Gasteiger partial charge on any atom is 0.418 e. The number of aromatic nitrogens is 3. The Hall–Kier alpha value is -3.86. The highest BCUT2D eigenvalue weighted by atomic mass is 19.4. The molecule has 14 heteroatoms. The predicted octanol–water partition coefficient (Wildman–Crippen LogP) is 5.82. The highest BCUT2D eigenvalue weighted by Crippen LogP contribution is 2.52. The minimum absolute atomic E-state index is 0.0120. The van der Waals surface area contributed by atoms with Gasteiger partial charge in [-0.3, -0.25) is 4.90 Å². The van der Waals surface area contributed by atoms with Crippen molar-refractivity contribution in [1.29, 1.82) is 5.26 Å². The molecule has 45 heavy (non-hydrogen) atoms. The Morgan fingerprint density at radius 3 is 2.53 bits per heavy atom. The third-order valence-electron chi connectivity index (χ3n) is 10.1. The molecule has 0 radical (unpaired) electrons. The molecule has 238 valence electrons. The molecule has 1 saturated carbocycles. The van der Waals surface area contributed by atoms with Crippen LogP contribution in [0.3, 0.4) is 0 Å². The van der Waals surface area contributed by atoms with E-state index in [9.17, 15) is 22.8 Å². The zero-order valence-corrected chi connectivity index (χ0v) is 24.5. The number of nitrogens with two attached hydrogens (primary N) is 1. The molecule has 2 N–H and O–H groups in total. The van der Waals surface area contributed by atoms with Crippen LogP contribution in [0.5, 0.6) is 6.01 Å². The normalized spacial score (nSPS) is 28.1. The van der Waals surface area contributed by atoms with E-state index in [1.165, 1.54) is 0 Å². The van der Waals surface area contributed by atoms with Gasteiger partial charge in [-0.1, -0.05) is 0 Å². The molecule has 0 bridgehead atoms. The van der Waals surface area contributed by atoms with Crippen LogP contribution in [0.1, 0.15) is 43.2 Å². The smallest absolute Gasteiger partial charge is 0.418 e. The monoisotopic (exact) mass is 631 g/mol. The molecular formula is C31H31F6N7O. The summed E-state index contributed by atoms with van der Waals surface area (Å²) >= 11 is 0. The van der Waals surface area contributed by atoms with Crippen LogP contribution in [0.25, 0.3) is 22.2 Å². The summed E-state index contributed by atoms with van der Waals surface area (Å²) in [5.41, 5.74) is 1.13. The number of aryl methyl sites for hydroxylation is 1. The topological polar surface area (TPSA) is 104 Å². The van der Waals surface area contributed by atoms with E-state index >= 15 is 8.78 Å². The predicted molar refractivity (Wildman–Crippen MR) is 153 cm³/mol. The fourth-order valence-electron chi connectivity index (χ4n) is 7.92. The number of nitriles is 1. The Balaban J connectivity index is 1.35. The first kappa shape index (κ1) is 29.8. The van der Waals surface area contributed by atoms with Crippen LogP contribution in [0.4, 0.5) is 38.0 Å². The van der Waals surface area contributed by atoms with Gasteiger partial charge < -0.3 is 15.4 Å². The lowest BCUT2D eigenvalue weighted by atomic mass is 9.95. The van der Waals surface area contributed by atoms with Crippen molar-refractivity contribution in [2.24, 2.45) is 17.8 Å². The van der Waals surface area contributed by atoms with Gasteiger partial charge in [0.1, 0.15) is 35.7 Å². The summed E-state index contributed by atoms with van der Waals surface area (Å²) in [6.45, 7) is 3.09. The van der Waals surface area contributed by atoms with Crippen molar-refractivity contribution in [3.63, 3.8) is 0 Å². The zero-order chi connectivity index (χ0) is 31.8. The molecule has 4 fully saturated rings. The van der Waals surface area contributed by atoms with Gasteiger partial charge in [-0.15, -0.1) is 0 Å². The standard InChI is InChI=1S/C31H31F6N7O/c1-15-9-22(39)40-27(24(15)31(35,36)37)23-21(33)10-19-26(25(23)34)41-29(45-14-30-5-2-6-44(30)13-16(32)11-30)42-28(19)43-7-3-17-18(4-8-43)20(17)12-38/h9-10,16-18,20H,2-8,11,13-14H2,1H3,(H2,39,40)/t16-,17-,18+,20+,30+/m1/s1. The molecule has 0 unspecified atom stereocenters. The number of halogens is 6. The van der Waals surface area contributed by atoms with E-state index in [2.05, 4.69) is 21.0 Å². The molecule has 5 heterocycles. The van der Waals surface area contributed by atoms with Crippen molar-refractivity contribution >= 4 is 22.5 Å². The molecule has 1 aromatic carbocycles. The van der Waals surface area contributed by atoms with E-state index < -0.39 is 51.9 Å². The zero-order valence-electron chi connectivity index (χ0n) is 24.5. The molecular weight excluding hydrogens is 600 g/mol. The molecule has 3 saturated heterocycles. The summed E-state index contributed by atoms with van der Waals surface area (Å²) in [6, 6.07) is 4.02. The Kier molecular flexibility index (Phi) is 7.03. The average Bonchev–Trinajstić information content (AvgIpc) is 3.44. The quantitative estimate of drug-likeness (QED) is 0.352. The van der Waals surface area contributed by atoms with Gasteiger partial charge in [0.05, 0.1) is 34.3 Å². The van der Waals surface area contributed by atoms with Crippen molar-refractivity contribution in [2.75, 3.05) is 43.4 Å². The van der Waals surface area contributed by atoms with E-state index in [-0.39, 0.29) is 59.4 Å². The van der Waals surface area contributed by atoms with Gasteiger partial charge in [-0.05, 0) is 68.7 Å². The van der Waals surface area contributed by atoms with Crippen molar-refractivity contribution < 1.29 is 31.1 Å². The van der Waals surface area contributed by atoms with Crippen LogP contribution in [0, 0.1) is 47.6 Å². The highest BCUT2D eigenvalue weighted by molar-refractivity contribution is 5.94. The maximum atomic E-state index is 16.5. The van der Waals surface area contributed by atoms with Crippen molar-refractivity contribution in [2.45, 2.75) is 56.9 Å². The van der Waals surface area contributed by atoms with Gasteiger partial charge in [0.15, 0.2) is 5.82 Å². The van der Waals surface area contributed by atoms with Gasteiger partial charge in [0.2, 0.25) is 0 Å². The summed E-state index contributed by atoms with van der Waals surface area (Å²) in [5, 5.41) is 9.38. The summed E-state index contributed by atoms with van der Waals surface area (Å²) in [7, 11) is 0. The second kappa shape index (κ2) is 10.6. The Morgan fingerprint density at radius 2 is 1.84 bits per heavy atom. The fourth-order valence-corrected chi connectivity index (χ4v) is 7.92. The van der Waals surface area contributed by atoms with Crippen LogP contribution < -0.4 is 15.4 Å². The molecule has 3 aromatic rings. The number of alkyl halides is 4. The van der Waals surface area contributed by atoms with E-state index in [0.717, 1.165) is 32.0 Å². The molecule has 5 atom stereocenters. The number of rotatable bonds is 5.